The number of nitrogens with zero attached hydrogens (tertiary/aromatic N) is 2. The minimum absolute atomic E-state index is 0.0638. The van der Waals surface area contributed by atoms with Crippen molar-refractivity contribution in [1.82, 2.24) is 10.2 Å². The number of anilines is 1. The van der Waals surface area contributed by atoms with Gasteiger partial charge in [-0.2, -0.15) is 0 Å². The molecule has 1 atom stereocenters. The molecule has 4 aromatic carbocycles. The summed E-state index contributed by atoms with van der Waals surface area (Å²) in [6.45, 7) is 3.16. The number of hydrogen-bond acceptors (Lipinski definition) is 4. The van der Waals surface area contributed by atoms with E-state index in [0.717, 1.165) is 32.0 Å². The Balaban J connectivity index is 1.78. The molecule has 4 aromatic rings. The van der Waals surface area contributed by atoms with Gasteiger partial charge in [-0.3, -0.25) is 13.9 Å². The third-order valence-corrected chi connectivity index (χ3v) is 9.01. The molecular weight excluding hydrogens is 633 g/mol. The Morgan fingerprint density at radius 2 is 1.40 bits per heavy atom. The monoisotopic (exact) mass is 665 g/mol. The van der Waals surface area contributed by atoms with Crippen molar-refractivity contribution in [2.24, 2.45) is 0 Å². The second kappa shape index (κ2) is 14.4. The minimum Gasteiger partial charge on any atom is -0.352 e. The lowest BCUT2D eigenvalue weighted by Crippen LogP contribution is -2.54. The highest BCUT2D eigenvalue weighted by Crippen LogP contribution is 2.25. The number of hydrogen-bond donors (Lipinski definition) is 1. The highest BCUT2D eigenvalue weighted by Gasteiger charge is 2.34. The Bertz CT molecular complexity index is 1620. The van der Waals surface area contributed by atoms with E-state index in [-0.39, 0.29) is 35.5 Å². The zero-order chi connectivity index (χ0) is 31.0. The van der Waals surface area contributed by atoms with Gasteiger partial charge in [-0.1, -0.05) is 76.6 Å². The maximum Gasteiger partial charge on any atom is 0.264 e. The van der Waals surface area contributed by atoms with Crippen LogP contribution >= 0.6 is 15.9 Å². The fourth-order valence-corrected chi connectivity index (χ4v) is 6.26. The number of carbonyl (C=O) groups is 2. The van der Waals surface area contributed by atoms with Gasteiger partial charge >= 0.3 is 0 Å². The third-order valence-electron chi connectivity index (χ3n) is 6.69. The molecule has 0 saturated carbocycles. The lowest BCUT2D eigenvalue weighted by Gasteiger charge is -2.34. The van der Waals surface area contributed by atoms with E-state index in [9.17, 15) is 22.4 Å². The summed E-state index contributed by atoms with van der Waals surface area (Å²) in [5, 5.41) is 2.93. The number of amides is 2. The van der Waals surface area contributed by atoms with Gasteiger partial charge in [0.1, 0.15) is 18.4 Å². The topological polar surface area (TPSA) is 86.8 Å². The number of nitrogens with one attached hydrogen (secondary N) is 1. The van der Waals surface area contributed by atoms with Gasteiger partial charge in [0.15, 0.2) is 0 Å². The summed E-state index contributed by atoms with van der Waals surface area (Å²) in [5.41, 5.74) is 1.87. The van der Waals surface area contributed by atoms with E-state index in [1.165, 1.54) is 17.0 Å². The molecule has 0 bridgehead atoms. The Morgan fingerprint density at radius 3 is 1.98 bits per heavy atom. The van der Waals surface area contributed by atoms with Crippen LogP contribution in [0.3, 0.4) is 0 Å². The highest BCUT2D eigenvalue weighted by atomic mass is 79.9. The first-order valence-corrected chi connectivity index (χ1v) is 16.0. The van der Waals surface area contributed by atoms with Crippen molar-refractivity contribution in [2.45, 2.75) is 43.8 Å². The second-order valence-corrected chi connectivity index (χ2v) is 13.1. The van der Waals surface area contributed by atoms with Gasteiger partial charge in [0.05, 0.1) is 10.6 Å². The maximum absolute atomic E-state index is 14.3. The molecule has 0 fully saturated rings. The van der Waals surface area contributed by atoms with Crippen molar-refractivity contribution >= 4 is 43.5 Å². The standard InChI is InChI=1S/C33H33BrFN3O4S/c1-24(2)36-33(40)31(21-25-9-5-3-6-10-25)37(22-26-13-15-27(34)16-14-26)32(39)23-38(29-11-7-4-8-12-29)43(41,42)30-19-17-28(35)18-20-30/h3-20,24,31H,21-23H2,1-2H3,(H,36,40). The van der Waals surface area contributed by atoms with Gasteiger partial charge in [0.2, 0.25) is 11.8 Å². The molecule has 7 nitrogen and oxygen atoms in total. The van der Waals surface area contributed by atoms with E-state index in [1.807, 2.05) is 68.4 Å². The summed E-state index contributed by atoms with van der Waals surface area (Å²) in [5.74, 6) is -1.50. The average Bonchev–Trinajstić information content (AvgIpc) is 2.99. The van der Waals surface area contributed by atoms with Gasteiger partial charge < -0.3 is 10.2 Å². The van der Waals surface area contributed by atoms with E-state index in [0.29, 0.717) is 0 Å². The Labute approximate surface area is 260 Å². The summed E-state index contributed by atoms with van der Waals surface area (Å²) < 4.78 is 43.3. The molecule has 10 heteroatoms. The van der Waals surface area contributed by atoms with Crippen molar-refractivity contribution in [1.29, 1.82) is 0 Å². The molecule has 224 valence electrons. The lowest BCUT2D eigenvalue weighted by atomic mass is 10.0. The van der Waals surface area contributed by atoms with Crippen LogP contribution in [0.25, 0.3) is 0 Å². The molecule has 0 radical (unpaired) electrons. The van der Waals surface area contributed by atoms with Gasteiger partial charge in [-0.25, -0.2) is 12.8 Å². The molecular formula is C33H33BrFN3O4S. The summed E-state index contributed by atoms with van der Waals surface area (Å²) in [4.78, 5) is 29.3. The molecule has 4 rings (SSSR count). The first-order chi connectivity index (χ1) is 20.5. The van der Waals surface area contributed by atoms with Crippen molar-refractivity contribution in [3.05, 3.63) is 131 Å². The van der Waals surface area contributed by atoms with Crippen LogP contribution in [0.1, 0.15) is 25.0 Å². The zero-order valence-electron chi connectivity index (χ0n) is 23.9. The van der Waals surface area contributed by atoms with E-state index in [4.69, 9.17) is 0 Å². The summed E-state index contributed by atoms with van der Waals surface area (Å²) >= 11 is 3.43. The van der Waals surface area contributed by atoms with Crippen molar-refractivity contribution in [2.75, 3.05) is 10.8 Å². The maximum atomic E-state index is 14.3. The number of para-hydroxylation sites is 1. The first kappa shape index (κ1) is 31.9. The molecule has 1 unspecified atom stereocenters. The predicted molar refractivity (Wildman–Crippen MR) is 169 cm³/mol. The number of rotatable bonds is 12. The SMILES string of the molecule is CC(C)NC(=O)C(Cc1ccccc1)N(Cc1ccc(Br)cc1)C(=O)CN(c1ccccc1)S(=O)(=O)c1ccc(F)cc1. The van der Waals surface area contributed by atoms with E-state index in [1.54, 1.807) is 30.3 Å². The normalized spacial score (nSPS) is 12.0. The fraction of sp³-hybridized carbons (Fsp3) is 0.212. The lowest BCUT2D eigenvalue weighted by molar-refractivity contribution is -0.140. The molecule has 0 saturated heterocycles. The van der Waals surface area contributed by atoms with Crippen LogP contribution in [0, 0.1) is 5.82 Å². The number of sulfonamides is 1. The molecule has 0 aliphatic carbocycles. The number of halogens is 2. The minimum atomic E-state index is -4.29. The van der Waals surface area contributed by atoms with Crippen LogP contribution in [0.2, 0.25) is 0 Å². The van der Waals surface area contributed by atoms with E-state index < -0.39 is 34.3 Å². The largest absolute Gasteiger partial charge is 0.352 e. The van der Waals surface area contributed by atoms with Gasteiger partial charge in [-0.15, -0.1) is 0 Å². The quantitative estimate of drug-likeness (QED) is 0.203. The fourth-order valence-electron chi connectivity index (χ4n) is 4.58. The molecule has 0 heterocycles. The molecule has 2 amide bonds. The smallest absolute Gasteiger partial charge is 0.264 e. The van der Waals surface area contributed by atoms with Crippen LogP contribution in [0.4, 0.5) is 10.1 Å². The van der Waals surface area contributed by atoms with E-state index in [2.05, 4.69) is 21.2 Å². The van der Waals surface area contributed by atoms with Gasteiger partial charge in [-0.05, 0) is 73.5 Å². The molecule has 1 N–H and O–H groups in total. The summed E-state index contributed by atoms with van der Waals surface area (Å²) in [6.07, 6.45) is 0.220. The summed E-state index contributed by atoms with van der Waals surface area (Å²) in [7, 11) is -4.29. The first-order valence-electron chi connectivity index (χ1n) is 13.8. The van der Waals surface area contributed by atoms with E-state index >= 15 is 0 Å². The van der Waals surface area contributed by atoms with Crippen LogP contribution < -0.4 is 9.62 Å². The van der Waals surface area contributed by atoms with Crippen LogP contribution in [0.15, 0.2) is 119 Å². The van der Waals surface area contributed by atoms with Crippen molar-refractivity contribution in [3.8, 4) is 0 Å². The third kappa shape index (κ3) is 8.52. The van der Waals surface area contributed by atoms with Crippen LogP contribution in [0.5, 0.6) is 0 Å². The number of benzene rings is 4. The van der Waals surface area contributed by atoms with Gasteiger partial charge in [0.25, 0.3) is 10.0 Å². The molecule has 43 heavy (non-hydrogen) atoms. The summed E-state index contributed by atoms with van der Waals surface area (Å²) in [6, 6.07) is 28.3. The Hall–Kier alpha value is -4.02. The van der Waals surface area contributed by atoms with Crippen molar-refractivity contribution in [3.63, 3.8) is 0 Å². The van der Waals surface area contributed by atoms with Crippen molar-refractivity contribution < 1.29 is 22.4 Å². The molecule has 0 aliphatic rings. The van der Waals surface area contributed by atoms with Crippen LogP contribution in [-0.4, -0.2) is 43.8 Å². The Kier molecular flexibility index (Phi) is 10.7. The number of carbonyl (C=O) groups excluding carboxylic acids is 2. The molecule has 0 spiro atoms. The zero-order valence-corrected chi connectivity index (χ0v) is 26.3. The highest BCUT2D eigenvalue weighted by molar-refractivity contribution is 9.10. The average molecular weight is 667 g/mol. The second-order valence-electron chi connectivity index (χ2n) is 10.3. The van der Waals surface area contributed by atoms with Crippen LogP contribution in [-0.2, 0) is 32.6 Å². The Morgan fingerprint density at radius 1 is 0.814 bits per heavy atom. The predicted octanol–water partition coefficient (Wildman–Crippen LogP) is 5.95. The molecule has 0 aliphatic heterocycles. The molecule has 0 aromatic heterocycles. The van der Waals surface area contributed by atoms with Gasteiger partial charge in [0, 0.05) is 23.5 Å².